The molecule has 21 nitrogen and oxygen atoms in total. The number of ether oxygens (including phenoxy) is 3. The van der Waals surface area contributed by atoms with Crippen LogP contribution in [0.4, 0.5) is 0 Å². The van der Waals surface area contributed by atoms with Crippen LogP contribution in [0.5, 0.6) is 0 Å². The van der Waals surface area contributed by atoms with Crippen LogP contribution in [0.15, 0.2) is 0 Å². The van der Waals surface area contributed by atoms with Crippen molar-refractivity contribution in [2.24, 2.45) is 0 Å². The van der Waals surface area contributed by atoms with Crippen LogP contribution in [0.2, 0.25) is 0 Å². The Morgan fingerprint density at radius 1 is 0.640 bits per heavy atom. The molecule has 0 saturated heterocycles. The maximum Gasteiger partial charge on any atom is 0.472 e. The summed E-state index contributed by atoms with van der Waals surface area (Å²) in [6.07, 6.45) is -0.884. The number of aliphatic hydroxyl groups excluding tert-OH is 1. The van der Waals surface area contributed by atoms with Gasteiger partial charge >= 0.3 is 21.6 Å². The molecular formula is C27H52N4O17P2. The number of hydrogen-bond acceptors (Lipinski definition) is 15. The molecule has 4 amide bonds. The summed E-state index contributed by atoms with van der Waals surface area (Å²) < 4.78 is 59.4. The molecule has 0 rings (SSSR count). The van der Waals surface area contributed by atoms with Gasteiger partial charge in [-0.1, -0.05) is 0 Å². The molecule has 0 aromatic rings. The summed E-state index contributed by atoms with van der Waals surface area (Å²) in [4.78, 5) is 77.6. The number of phosphoric ester groups is 2. The highest BCUT2D eigenvalue weighted by molar-refractivity contribution is 7.47. The number of carbonyl (C=O) groups excluding carboxylic acids is 5. The van der Waals surface area contributed by atoms with E-state index >= 15 is 0 Å². The van der Waals surface area contributed by atoms with Gasteiger partial charge in [-0.15, -0.1) is 0 Å². The van der Waals surface area contributed by atoms with Crippen LogP contribution in [-0.2, 0) is 65.4 Å². The molecule has 0 aliphatic rings. The molecule has 0 fully saturated rings. The fourth-order valence-electron chi connectivity index (χ4n) is 3.55. The second-order valence-electron chi connectivity index (χ2n) is 10.9. The summed E-state index contributed by atoms with van der Waals surface area (Å²) in [6, 6.07) is -1.58. The molecule has 0 bridgehead atoms. The predicted octanol–water partition coefficient (Wildman–Crippen LogP) is -0.969. The fourth-order valence-corrected chi connectivity index (χ4v) is 5.08. The lowest BCUT2D eigenvalue weighted by Crippen LogP contribution is -2.40. The van der Waals surface area contributed by atoms with Gasteiger partial charge in [0.05, 0.1) is 64.4 Å². The topological polar surface area (TPSA) is 293 Å². The molecule has 6 atom stereocenters. The Hall–Kier alpha value is -2.55. The number of nitrogens with one attached hydrogen (secondary N) is 4. The summed E-state index contributed by atoms with van der Waals surface area (Å²) in [5.74, 6) is -2.83. The van der Waals surface area contributed by atoms with Crippen LogP contribution >= 0.6 is 15.6 Å². The standard InChI is InChI=1S/C27H52N4O17P2/c1-19(32)6-10-42-15-24(30-21(3)33)17-46-49(38,39)44-12-8-28-26(36)14-27(37)29-9-13-45-50(40,41)47-18-25(31-22(4)34)16-43-11-7-20(2)48-23(5)35/h19-20,24-25,32H,6-18H2,1-5H3,(H,28,36)(H,29,37)(H,30,33)(H,31,34)(H,38,39)(H,40,41)/t19-,20-,24+,25-/m1/s1. The van der Waals surface area contributed by atoms with E-state index in [0.717, 1.165) is 0 Å². The zero-order chi connectivity index (χ0) is 38.2. The monoisotopic (exact) mass is 766 g/mol. The molecule has 0 aromatic heterocycles. The Balaban J connectivity index is 4.34. The van der Waals surface area contributed by atoms with E-state index in [1.54, 1.807) is 13.8 Å². The van der Waals surface area contributed by atoms with Crippen molar-refractivity contribution in [1.82, 2.24) is 21.3 Å². The van der Waals surface area contributed by atoms with Crippen LogP contribution < -0.4 is 21.3 Å². The largest absolute Gasteiger partial charge is 0.472 e. The van der Waals surface area contributed by atoms with Gasteiger partial charge in [-0.3, -0.25) is 42.1 Å². The van der Waals surface area contributed by atoms with E-state index in [-0.39, 0.29) is 45.6 Å². The van der Waals surface area contributed by atoms with E-state index < -0.39 is 96.3 Å². The molecule has 0 aliphatic carbocycles. The Bertz CT molecular complexity index is 1150. The molecule has 2 unspecified atom stereocenters. The van der Waals surface area contributed by atoms with Crippen molar-refractivity contribution in [3.8, 4) is 0 Å². The van der Waals surface area contributed by atoms with Gasteiger partial charge in [0.25, 0.3) is 0 Å². The molecule has 7 N–H and O–H groups in total. The Morgan fingerprint density at radius 2 is 1.06 bits per heavy atom. The molecule has 0 heterocycles. The molecule has 50 heavy (non-hydrogen) atoms. The van der Waals surface area contributed by atoms with Crippen molar-refractivity contribution in [3.05, 3.63) is 0 Å². The van der Waals surface area contributed by atoms with Crippen molar-refractivity contribution in [2.45, 2.75) is 78.2 Å². The van der Waals surface area contributed by atoms with Crippen LogP contribution in [0, 0.1) is 0 Å². The van der Waals surface area contributed by atoms with E-state index in [1.807, 2.05) is 0 Å². The average Bonchev–Trinajstić information content (AvgIpc) is 2.98. The van der Waals surface area contributed by atoms with E-state index in [4.69, 9.17) is 32.3 Å². The SMILES string of the molecule is CC(=O)N[C@H](COCC[C@@H](C)OC(C)=O)COP(=O)(O)OCCNC(=O)CC(=O)NCCOP(=O)(O)OC[C@H](COCC[C@@H](C)O)NC(C)=O. The predicted molar refractivity (Wildman–Crippen MR) is 173 cm³/mol. The molecule has 0 aliphatic heterocycles. The highest BCUT2D eigenvalue weighted by atomic mass is 31.2. The third-order valence-electron chi connectivity index (χ3n) is 5.72. The maximum atomic E-state index is 12.2. The third-order valence-corrected chi connectivity index (χ3v) is 7.69. The number of hydrogen-bond donors (Lipinski definition) is 7. The van der Waals surface area contributed by atoms with Gasteiger partial charge in [0.2, 0.25) is 23.6 Å². The molecule has 0 spiro atoms. The van der Waals surface area contributed by atoms with E-state index in [1.165, 1.54) is 20.8 Å². The average molecular weight is 767 g/mol. The number of amides is 4. The second kappa shape index (κ2) is 26.3. The van der Waals surface area contributed by atoms with E-state index in [2.05, 4.69) is 21.3 Å². The Kier molecular flexibility index (Phi) is 24.9. The van der Waals surface area contributed by atoms with Crippen LogP contribution in [0.25, 0.3) is 0 Å². The van der Waals surface area contributed by atoms with Gasteiger partial charge in [0.15, 0.2) is 0 Å². The van der Waals surface area contributed by atoms with Crippen molar-refractivity contribution in [2.75, 3.05) is 65.9 Å². The normalized spacial score (nSPS) is 16.1. The van der Waals surface area contributed by atoms with Crippen molar-refractivity contribution < 1.29 is 80.3 Å². The van der Waals surface area contributed by atoms with Gasteiger partial charge in [0.1, 0.15) is 12.5 Å². The first-order valence-electron chi connectivity index (χ1n) is 15.6. The smallest absolute Gasteiger partial charge is 0.463 e. The van der Waals surface area contributed by atoms with Crippen LogP contribution in [0.3, 0.4) is 0 Å². The summed E-state index contributed by atoms with van der Waals surface area (Å²) in [5, 5.41) is 18.9. The Labute approximate surface area is 291 Å². The summed E-state index contributed by atoms with van der Waals surface area (Å²) in [5.41, 5.74) is 0. The van der Waals surface area contributed by atoms with Crippen molar-refractivity contribution in [3.63, 3.8) is 0 Å². The van der Waals surface area contributed by atoms with Gasteiger partial charge in [-0.05, 0) is 20.3 Å². The minimum atomic E-state index is -4.60. The van der Waals surface area contributed by atoms with Gasteiger partial charge in [-0.2, -0.15) is 0 Å². The maximum absolute atomic E-state index is 12.2. The molecule has 292 valence electrons. The number of esters is 1. The zero-order valence-corrected chi connectivity index (χ0v) is 30.7. The quantitative estimate of drug-likeness (QED) is 0.0209. The van der Waals surface area contributed by atoms with E-state index in [9.17, 15) is 48.0 Å². The number of carbonyl (C=O) groups is 5. The third kappa shape index (κ3) is 29.2. The number of rotatable bonds is 29. The zero-order valence-electron chi connectivity index (χ0n) is 29.0. The Morgan fingerprint density at radius 3 is 1.44 bits per heavy atom. The lowest BCUT2D eigenvalue weighted by atomic mass is 10.3. The van der Waals surface area contributed by atoms with Gasteiger partial charge in [0, 0.05) is 46.9 Å². The van der Waals surface area contributed by atoms with Crippen molar-refractivity contribution >= 4 is 45.2 Å². The lowest BCUT2D eigenvalue weighted by Gasteiger charge is -2.20. The van der Waals surface area contributed by atoms with Crippen molar-refractivity contribution in [1.29, 1.82) is 0 Å². The van der Waals surface area contributed by atoms with E-state index in [0.29, 0.717) is 12.8 Å². The highest BCUT2D eigenvalue weighted by Gasteiger charge is 2.25. The van der Waals surface area contributed by atoms with Crippen LogP contribution in [0.1, 0.15) is 53.9 Å². The van der Waals surface area contributed by atoms with Crippen LogP contribution in [-0.4, -0.2) is 135 Å². The highest BCUT2D eigenvalue weighted by Crippen LogP contribution is 2.43. The molecule has 23 heteroatoms. The first-order chi connectivity index (χ1) is 23.3. The number of phosphoric acid groups is 2. The van der Waals surface area contributed by atoms with Gasteiger partial charge in [-0.25, -0.2) is 9.13 Å². The van der Waals surface area contributed by atoms with Gasteiger partial charge < -0.3 is 50.4 Å². The molecule has 0 radical (unpaired) electrons. The minimum Gasteiger partial charge on any atom is -0.463 e. The minimum absolute atomic E-state index is 0.0532. The molecule has 0 aromatic carbocycles. The molecule has 0 saturated carbocycles. The summed E-state index contributed by atoms with van der Waals surface area (Å²) >= 11 is 0. The number of aliphatic hydroxyl groups is 1. The first-order valence-corrected chi connectivity index (χ1v) is 18.6. The first kappa shape index (κ1) is 47.4. The second-order valence-corrected chi connectivity index (χ2v) is 13.8. The summed E-state index contributed by atoms with van der Waals surface area (Å²) in [6.45, 7) is 4.93. The molecular weight excluding hydrogens is 714 g/mol. The summed E-state index contributed by atoms with van der Waals surface area (Å²) in [7, 11) is -9.18. The lowest BCUT2D eigenvalue weighted by molar-refractivity contribution is -0.146. The fraction of sp³-hybridized carbons (Fsp3) is 0.815.